The average molecular weight is 354 g/mol. The van der Waals surface area contributed by atoms with E-state index in [0.29, 0.717) is 12.2 Å². The molecule has 0 aliphatic heterocycles. The van der Waals surface area contributed by atoms with Crippen LogP contribution in [0.4, 0.5) is 0 Å². The Morgan fingerprint density at radius 3 is 2.50 bits per heavy atom. The van der Waals surface area contributed by atoms with Gasteiger partial charge in [0.1, 0.15) is 6.54 Å². The highest BCUT2D eigenvalue weighted by atomic mass is 16.2. The van der Waals surface area contributed by atoms with E-state index >= 15 is 0 Å². The van der Waals surface area contributed by atoms with Crippen molar-refractivity contribution in [2.75, 3.05) is 20.6 Å². The molecule has 26 heavy (non-hydrogen) atoms. The number of benzene rings is 1. The molecule has 1 heterocycles. The Kier molecular flexibility index (Phi) is 5.52. The molecule has 1 aromatic carbocycles. The second-order valence-corrected chi connectivity index (χ2v) is 7.18. The molecule has 1 saturated carbocycles. The predicted molar refractivity (Wildman–Crippen MR) is 102 cm³/mol. The molecular weight excluding hydrogens is 328 g/mol. The Labute approximate surface area is 153 Å². The van der Waals surface area contributed by atoms with Gasteiger partial charge in [-0.1, -0.05) is 43.2 Å². The van der Waals surface area contributed by atoms with Crippen LogP contribution in [0.5, 0.6) is 0 Å². The summed E-state index contributed by atoms with van der Waals surface area (Å²) in [7, 11) is 4.12. The van der Waals surface area contributed by atoms with Crippen molar-refractivity contribution in [1.82, 2.24) is 20.0 Å². The van der Waals surface area contributed by atoms with E-state index in [2.05, 4.69) is 29.4 Å². The van der Waals surface area contributed by atoms with Crippen LogP contribution in [0.2, 0.25) is 0 Å². The molecule has 1 N–H and O–H groups in total. The van der Waals surface area contributed by atoms with E-state index in [0.717, 1.165) is 18.4 Å². The van der Waals surface area contributed by atoms with Crippen LogP contribution in [-0.4, -0.2) is 46.8 Å². The van der Waals surface area contributed by atoms with Crippen molar-refractivity contribution in [1.29, 1.82) is 0 Å². The predicted octanol–water partition coefficient (Wildman–Crippen LogP) is 1.90. The molecule has 2 aromatic rings. The number of aromatic nitrogens is 2. The number of hydrogen-bond donors (Lipinski definition) is 1. The summed E-state index contributed by atoms with van der Waals surface area (Å²) in [5, 5.41) is 7.35. The molecule has 0 atom stereocenters. The van der Waals surface area contributed by atoms with Crippen LogP contribution < -0.4 is 10.9 Å². The number of rotatable bonds is 6. The summed E-state index contributed by atoms with van der Waals surface area (Å²) in [6.45, 7) is 0.537. The first-order chi connectivity index (χ1) is 12.5. The van der Waals surface area contributed by atoms with Gasteiger partial charge >= 0.3 is 0 Å². The molecule has 6 nitrogen and oxygen atoms in total. The lowest BCUT2D eigenvalue weighted by Gasteiger charge is -2.36. The van der Waals surface area contributed by atoms with Crippen LogP contribution in [0.1, 0.15) is 25.7 Å². The van der Waals surface area contributed by atoms with Crippen LogP contribution in [-0.2, 0) is 11.3 Å². The van der Waals surface area contributed by atoms with Crippen molar-refractivity contribution >= 4 is 5.91 Å². The second kappa shape index (κ2) is 7.83. The van der Waals surface area contributed by atoms with Gasteiger partial charge in [-0.25, -0.2) is 4.68 Å². The van der Waals surface area contributed by atoms with Crippen LogP contribution in [0.3, 0.4) is 0 Å². The molecule has 0 saturated heterocycles. The van der Waals surface area contributed by atoms with Gasteiger partial charge < -0.3 is 10.2 Å². The summed E-state index contributed by atoms with van der Waals surface area (Å²) in [4.78, 5) is 26.7. The second-order valence-electron chi connectivity index (χ2n) is 7.18. The maximum Gasteiger partial charge on any atom is 0.267 e. The third-order valence-electron chi connectivity index (χ3n) is 5.33. The number of carbonyl (C=O) groups is 1. The van der Waals surface area contributed by atoms with Gasteiger partial charge in [0, 0.05) is 23.7 Å². The lowest BCUT2D eigenvalue weighted by molar-refractivity contribution is -0.122. The van der Waals surface area contributed by atoms with Crippen LogP contribution in [0.15, 0.2) is 47.3 Å². The smallest absolute Gasteiger partial charge is 0.267 e. The van der Waals surface area contributed by atoms with Gasteiger partial charge in [0.15, 0.2) is 0 Å². The van der Waals surface area contributed by atoms with Crippen molar-refractivity contribution in [3.05, 3.63) is 52.8 Å². The maximum absolute atomic E-state index is 12.4. The largest absolute Gasteiger partial charge is 0.353 e. The fourth-order valence-electron chi connectivity index (χ4n) is 3.60. The highest BCUT2D eigenvalue weighted by Gasteiger charge is 2.36. The molecule has 1 fully saturated rings. The number of amides is 1. The van der Waals surface area contributed by atoms with E-state index in [1.807, 2.05) is 30.3 Å². The quantitative estimate of drug-likeness (QED) is 0.860. The highest BCUT2D eigenvalue weighted by Crippen LogP contribution is 2.33. The van der Waals surface area contributed by atoms with E-state index in [1.165, 1.54) is 23.6 Å². The molecule has 0 radical (unpaired) electrons. The Hall–Kier alpha value is -2.47. The van der Waals surface area contributed by atoms with Gasteiger partial charge in [-0.2, -0.15) is 5.10 Å². The third kappa shape index (κ3) is 4.02. The van der Waals surface area contributed by atoms with E-state index in [1.54, 1.807) is 6.07 Å². The summed E-state index contributed by atoms with van der Waals surface area (Å²) in [6.07, 6.45) is 4.55. The molecule has 1 aromatic heterocycles. The van der Waals surface area contributed by atoms with Crippen LogP contribution >= 0.6 is 0 Å². The summed E-state index contributed by atoms with van der Waals surface area (Å²) in [5.41, 5.74) is 1.35. The molecule has 138 valence electrons. The zero-order chi connectivity index (χ0) is 18.6. The Bertz CT molecular complexity index is 808. The molecule has 1 amide bonds. The zero-order valence-electron chi connectivity index (χ0n) is 15.4. The summed E-state index contributed by atoms with van der Waals surface area (Å²) in [6, 6.07) is 12.8. The van der Waals surface area contributed by atoms with Gasteiger partial charge in [0.2, 0.25) is 5.91 Å². The molecule has 6 heteroatoms. The number of likely N-dealkylation sites (N-methyl/N-ethyl adjacent to an activating group) is 1. The minimum Gasteiger partial charge on any atom is -0.353 e. The SMILES string of the molecule is CN(C)C1(CNC(=O)Cn2nc(-c3ccccc3)ccc2=O)CCCC1. The molecule has 0 bridgehead atoms. The van der Waals surface area contributed by atoms with E-state index in [-0.39, 0.29) is 23.6 Å². The molecule has 1 aliphatic rings. The molecule has 3 rings (SSSR count). The lowest BCUT2D eigenvalue weighted by atomic mass is 9.96. The normalized spacial score (nSPS) is 16.0. The van der Waals surface area contributed by atoms with Crippen LogP contribution in [0, 0.1) is 0 Å². The van der Waals surface area contributed by atoms with Crippen molar-refractivity contribution in [2.45, 2.75) is 37.8 Å². The van der Waals surface area contributed by atoms with Crippen molar-refractivity contribution < 1.29 is 4.79 Å². The number of hydrogen-bond acceptors (Lipinski definition) is 4. The molecule has 0 spiro atoms. The summed E-state index contributed by atoms with van der Waals surface area (Å²) < 4.78 is 1.23. The standard InChI is InChI=1S/C20H26N4O2/c1-23(2)20(12-6-7-13-20)15-21-18(25)14-24-19(26)11-10-17(22-24)16-8-4-3-5-9-16/h3-5,8-11H,6-7,12-15H2,1-2H3,(H,21,25). The Morgan fingerprint density at radius 2 is 1.85 bits per heavy atom. The average Bonchev–Trinajstić information content (AvgIpc) is 3.13. The van der Waals surface area contributed by atoms with Gasteiger partial charge in [-0.05, 0) is 33.0 Å². The number of carbonyl (C=O) groups excluding carboxylic acids is 1. The van der Waals surface area contributed by atoms with E-state index in [9.17, 15) is 9.59 Å². The van der Waals surface area contributed by atoms with E-state index in [4.69, 9.17) is 0 Å². The first kappa shape index (κ1) is 18.3. The highest BCUT2D eigenvalue weighted by molar-refractivity contribution is 5.75. The van der Waals surface area contributed by atoms with E-state index < -0.39 is 0 Å². The van der Waals surface area contributed by atoms with Crippen molar-refractivity contribution in [3.63, 3.8) is 0 Å². The first-order valence-corrected chi connectivity index (χ1v) is 9.08. The monoisotopic (exact) mass is 354 g/mol. The Morgan fingerprint density at radius 1 is 1.15 bits per heavy atom. The molecular formula is C20H26N4O2. The minimum atomic E-state index is -0.275. The summed E-state index contributed by atoms with van der Waals surface area (Å²) >= 11 is 0. The lowest BCUT2D eigenvalue weighted by Crippen LogP contribution is -2.51. The fraction of sp³-hybridized carbons (Fsp3) is 0.450. The van der Waals surface area contributed by atoms with Crippen molar-refractivity contribution in [3.8, 4) is 11.3 Å². The van der Waals surface area contributed by atoms with Gasteiger partial charge in [-0.15, -0.1) is 0 Å². The maximum atomic E-state index is 12.4. The number of nitrogens with zero attached hydrogens (tertiary/aromatic N) is 3. The fourth-order valence-corrected chi connectivity index (χ4v) is 3.60. The molecule has 0 unspecified atom stereocenters. The van der Waals surface area contributed by atoms with Crippen molar-refractivity contribution in [2.24, 2.45) is 0 Å². The van der Waals surface area contributed by atoms with Gasteiger partial charge in [-0.3, -0.25) is 9.59 Å². The van der Waals surface area contributed by atoms with Crippen LogP contribution in [0.25, 0.3) is 11.3 Å². The zero-order valence-corrected chi connectivity index (χ0v) is 15.4. The summed E-state index contributed by atoms with van der Waals surface area (Å²) in [5.74, 6) is -0.182. The number of nitrogens with one attached hydrogen (secondary N) is 1. The van der Waals surface area contributed by atoms with Gasteiger partial charge in [0.25, 0.3) is 5.56 Å². The third-order valence-corrected chi connectivity index (χ3v) is 5.33. The first-order valence-electron chi connectivity index (χ1n) is 9.08. The molecule has 1 aliphatic carbocycles. The van der Waals surface area contributed by atoms with Gasteiger partial charge in [0.05, 0.1) is 5.69 Å². The minimum absolute atomic E-state index is 0.0277. The topological polar surface area (TPSA) is 67.2 Å². The Balaban J connectivity index is 1.68.